The average molecular weight is 282 g/mol. The topological polar surface area (TPSA) is 84.6 Å². The van der Waals surface area contributed by atoms with Crippen molar-refractivity contribution in [3.63, 3.8) is 0 Å². The highest BCUT2D eigenvalue weighted by atomic mass is 16.5. The van der Waals surface area contributed by atoms with Crippen molar-refractivity contribution >= 4 is 12.0 Å². The Bertz CT molecular complexity index is 433. The first-order valence-corrected chi connectivity index (χ1v) is 7.22. The molecule has 1 aromatic heterocycles. The van der Waals surface area contributed by atoms with E-state index in [0.29, 0.717) is 31.0 Å². The molecular formula is C14H22N2O4. The van der Waals surface area contributed by atoms with Gasteiger partial charge in [-0.05, 0) is 31.6 Å². The summed E-state index contributed by atoms with van der Waals surface area (Å²) in [5.41, 5.74) is 0.178. The van der Waals surface area contributed by atoms with Crippen LogP contribution in [0.15, 0.2) is 10.7 Å². The standard InChI is InChI=1S/C14H22N2O4/c1-2-19-13(18)12-9-20-14(16-12)15-7-10-5-3-4-6-11(10)8-17/h9-11,17H,2-8H2,1H3,(H,15,16). The summed E-state index contributed by atoms with van der Waals surface area (Å²) >= 11 is 0. The maximum absolute atomic E-state index is 11.5. The largest absolute Gasteiger partial charge is 0.461 e. The van der Waals surface area contributed by atoms with Gasteiger partial charge in [-0.2, -0.15) is 4.98 Å². The molecule has 2 unspecified atom stereocenters. The number of nitrogens with zero attached hydrogens (tertiary/aromatic N) is 1. The van der Waals surface area contributed by atoms with E-state index in [9.17, 15) is 9.90 Å². The maximum Gasteiger partial charge on any atom is 0.360 e. The molecule has 0 radical (unpaired) electrons. The molecule has 2 rings (SSSR count). The van der Waals surface area contributed by atoms with Gasteiger partial charge in [0.15, 0.2) is 5.69 Å². The van der Waals surface area contributed by atoms with Crippen molar-refractivity contribution < 1.29 is 19.1 Å². The van der Waals surface area contributed by atoms with E-state index < -0.39 is 5.97 Å². The van der Waals surface area contributed by atoms with Crippen LogP contribution in [0.25, 0.3) is 0 Å². The van der Waals surface area contributed by atoms with Crippen molar-refractivity contribution in [1.29, 1.82) is 0 Å². The third-order valence-corrected chi connectivity index (χ3v) is 3.81. The zero-order valence-corrected chi connectivity index (χ0v) is 11.8. The lowest BCUT2D eigenvalue weighted by atomic mass is 9.80. The fourth-order valence-corrected chi connectivity index (χ4v) is 2.67. The molecule has 0 aromatic carbocycles. The Hall–Kier alpha value is -1.56. The number of aliphatic hydroxyl groups is 1. The number of carbonyl (C=O) groups is 1. The summed E-state index contributed by atoms with van der Waals surface area (Å²) in [6.45, 7) is 2.99. The second kappa shape index (κ2) is 7.28. The van der Waals surface area contributed by atoms with E-state index in [0.717, 1.165) is 12.8 Å². The minimum Gasteiger partial charge on any atom is -0.461 e. The minimum atomic E-state index is -0.477. The lowest BCUT2D eigenvalue weighted by Crippen LogP contribution is -2.28. The Morgan fingerprint density at radius 2 is 2.25 bits per heavy atom. The predicted octanol–water partition coefficient (Wildman–Crippen LogP) is 2.06. The van der Waals surface area contributed by atoms with Gasteiger partial charge in [0, 0.05) is 13.2 Å². The van der Waals surface area contributed by atoms with Crippen LogP contribution in [-0.2, 0) is 4.74 Å². The molecule has 2 N–H and O–H groups in total. The van der Waals surface area contributed by atoms with E-state index in [1.165, 1.54) is 19.1 Å². The molecule has 1 heterocycles. The summed E-state index contributed by atoms with van der Waals surface area (Å²) in [7, 11) is 0. The zero-order chi connectivity index (χ0) is 14.4. The van der Waals surface area contributed by atoms with Gasteiger partial charge in [0.2, 0.25) is 0 Å². The van der Waals surface area contributed by atoms with Crippen molar-refractivity contribution in [3.8, 4) is 0 Å². The summed E-state index contributed by atoms with van der Waals surface area (Å²) in [5, 5.41) is 12.5. The number of nitrogens with one attached hydrogen (secondary N) is 1. The second-order valence-electron chi connectivity index (χ2n) is 5.13. The molecular weight excluding hydrogens is 260 g/mol. The number of hydrogen-bond donors (Lipinski definition) is 2. The molecule has 6 heteroatoms. The van der Waals surface area contributed by atoms with E-state index in [1.807, 2.05) is 0 Å². The highest BCUT2D eigenvalue weighted by molar-refractivity contribution is 5.87. The summed E-state index contributed by atoms with van der Waals surface area (Å²) in [5.74, 6) is 0.289. The number of aromatic nitrogens is 1. The van der Waals surface area contributed by atoms with E-state index in [-0.39, 0.29) is 12.3 Å². The zero-order valence-electron chi connectivity index (χ0n) is 11.8. The molecule has 1 aliphatic carbocycles. The van der Waals surface area contributed by atoms with Gasteiger partial charge in [-0.15, -0.1) is 0 Å². The van der Waals surface area contributed by atoms with Crippen LogP contribution in [0.5, 0.6) is 0 Å². The van der Waals surface area contributed by atoms with E-state index in [4.69, 9.17) is 9.15 Å². The van der Waals surface area contributed by atoms with Gasteiger partial charge in [0.05, 0.1) is 6.61 Å². The quantitative estimate of drug-likeness (QED) is 0.777. The van der Waals surface area contributed by atoms with Gasteiger partial charge < -0.3 is 19.6 Å². The summed E-state index contributed by atoms with van der Waals surface area (Å²) in [4.78, 5) is 15.5. The van der Waals surface area contributed by atoms with Crippen LogP contribution in [0.3, 0.4) is 0 Å². The highest BCUT2D eigenvalue weighted by Gasteiger charge is 2.24. The molecule has 6 nitrogen and oxygen atoms in total. The van der Waals surface area contributed by atoms with Crippen LogP contribution in [0.1, 0.15) is 43.1 Å². The molecule has 0 spiro atoms. The lowest BCUT2D eigenvalue weighted by Gasteiger charge is -2.29. The number of esters is 1. The number of anilines is 1. The molecule has 1 fully saturated rings. The van der Waals surface area contributed by atoms with Gasteiger partial charge >= 0.3 is 5.97 Å². The average Bonchev–Trinajstić information content (AvgIpc) is 2.94. The molecule has 1 aromatic rings. The molecule has 0 saturated heterocycles. The SMILES string of the molecule is CCOC(=O)c1coc(NCC2CCCCC2CO)n1. The summed E-state index contributed by atoms with van der Waals surface area (Å²) in [6.07, 6.45) is 5.85. The molecule has 1 aliphatic rings. The molecule has 112 valence electrons. The van der Waals surface area contributed by atoms with Crippen molar-refractivity contribution in [1.82, 2.24) is 4.98 Å². The first-order valence-electron chi connectivity index (χ1n) is 7.22. The van der Waals surface area contributed by atoms with Crippen LogP contribution in [0, 0.1) is 11.8 Å². The third-order valence-electron chi connectivity index (χ3n) is 3.81. The summed E-state index contributed by atoms with van der Waals surface area (Å²) < 4.78 is 10.1. The van der Waals surface area contributed by atoms with Crippen LogP contribution in [0.4, 0.5) is 6.01 Å². The van der Waals surface area contributed by atoms with Crippen LogP contribution < -0.4 is 5.32 Å². The molecule has 2 atom stereocenters. The number of carbonyl (C=O) groups excluding carboxylic acids is 1. The third kappa shape index (κ3) is 3.72. The summed E-state index contributed by atoms with van der Waals surface area (Å²) in [6, 6.07) is 0.329. The van der Waals surface area contributed by atoms with E-state index in [1.54, 1.807) is 6.92 Å². The van der Waals surface area contributed by atoms with Gasteiger partial charge in [-0.3, -0.25) is 0 Å². The van der Waals surface area contributed by atoms with E-state index in [2.05, 4.69) is 10.3 Å². The Labute approximate surface area is 118 Å². The molecule has 1 saturated carbocycles. The fraction of sp³-hybridized carbons (Fsp3) is 0.714. The first kappa shape index (κ1) is 14.8. The predicted molar refractivity (Wildman–Crippen MR) is 73.5 cm³/mol. The fourth-order valence-electron chi connectivity index (χ4n) is 2.67. The maximum atomic E-state index is 11.5. The smallest absolute Gasteiger partial charge is 0.360 e. The number of hydrogen-bond acceptors (Lipinski definition) is 6. The number of ether oxygens (including phenoxy) is 1. The first-order chi connectivity index (χ1) is 9.74. The van der Waals surface area contributed by atoms with Crippen molar-refractivity contribution in [2.24, 2.45) is 11.8 Å². The monoisotopic (exact) mass is 282 g/mol. The molecule has 0 aliphatic heterocycles. The molecule has 20 heavy (non-hydrogen) atoms. The Morgan fingerprint density at radius 3 is 2.95 bits per heavy atom. The Balaban J connectivity index is 1.85. The number of oxazole rings is 1. The van der Waals surface area contributed by atoms with Crippen LogP contribution in [0.2, 0.25) is 0 Å². The Kier molecular flexibility index (Phi) is 5.40. The lowest BCUT2D eigenvalue weighted by molar-refractivity contribution is 0.0519. The minimum absolute atomic E-state index is 0.178. The van der Waals surface area contributed by atoms with Crippen molar-refractivity contribution in [2.45, 2.75) is 32.6 Å². The van der Waals surface area contributed by atoms with E-state index >= 15 is 0 Å². The van der Waals surface area contributed by atoms with Crippen molar-refractivity contribution in [2.75, 3.05) is 25.1 Å². The number of aliphatic hydroxyl groups excluding tert-OH is 1. The molecule has 0 bridgehead atoms. The van der Waals surface area contributed by atoms with Gasteiger partial charge in [-0.25, -0.2) is 4.79 Å². The van der Waals surface area contributed by atoms with Gasteiger partial charge in [0.1, 0.15) is 6.26 Å². The second-order valence-corrected chi connectivity index (χ2v) is 5.13. The Morgan fingerprint density at radius 1 is 1.50 bits per heavy atom. The molecule has 0 amide bonds. The highest BCUT2D eigenvalue weighted by Crippen LogP contribution is 2.29. The van der Waals surface area contributed by atoms with Crippen LogP contribution >= 0.6 is 0 Å². The number of rotatable bonds is 6. The normalized spacial score (nSPS) is 22.5. The van der Waals surface area contributed by atoms with Gasteiger partial charge in [-0.1, -0.05) is 12.8 Å². The van der Waals surface area contributed by atoms with Gasteiger partial charge in [0.25, 0.3) is 6.01 Å². The van der Waals surface area contributed by atoms with Crippen LogP contribution in [-0.4, -0.2) is 35.8 Å². The van der Waals surface area contributed by atoms with Crippen molar-refractivity contribution in [3.05, 3.63) is 12.0 Å².